The molecule has 2 aromatic rings. The van der Waals surface area contributed by atoms with Gasteiger partial charge in [0.2, 0.25) is 0 Å². The topological polar surface area (TPSA) is 87.9 Å². The largest absolute Gasteiger partial charge is 0.530 e. The molecular weight excluding hydrogens is 321 g/mol. The van der Waals surface area contributed by atoms with Crippen LogP contribution in [-0.4, -0.2) is 11.5 Å². The van der Waals surface area contributed by atoms with Crippen molar-refractivity contribution < 1.29 is 23.1 Å². The lowest BCUT2D eigenvalue weighted by Gasteiger charge is -2.28. The summed E-state index contributed by atoms with van der Waals surface area (Å²) >= 11 is 0. The standard InChI is InChI=1S/C15H14NO6P/c17-16(18)13-6-8-14(9-7-13)21-23(19)20-11-10-15(22-23)12-4-2-1-3-5-12/h1-9,15H,10-11H2/t15?,23-/m1/s1. The van der Waals surface area contributed by atoms with E-state index in [-0.39, 0.29) is 24.1 Å². The van der Waals surface area contributed by atoms with Gasteiger partial charge < -0.3 is 4.52 Å². The molecule has 1 aliphatic rings. The minimum absolute atomic E-state index is 0.0803. The molecule has 0 radical (unpaired) electrons. The highest BCUT2D eigenvalue weighted by Crippen LogP contribution is 2.56. The maximum absolute atomic E-state index is 12.6. The predicted molar refractivity (Wildman–Crippen MR) is 82.2 cm³/mol. The minimum atomic E-state index is -3.77. The van der Waals surface area contributed by atoms with Crippen LogP contribution in [0.1, 0.15) is 18.1 Å². The zero-order valence-corrected chi connectivity index (χ0v) is 12.9. The Hall–Kier alpha value is -2.21. The highest BCUT2D eigenvalue weighted by Gasteiger charge is 2.37. The molecule has 2 atom stereocenters. The first-order valence-corrected chi connectivity index (χ1v) is 8.44. The molecule has 1 heterocycles. The van der Waals surface area contributed by atoms with Crippen LogP contribution in [0.3, 0.4) is 0 Å². The van der Waals surface area contributed by atoms with Gasteiger partial charge in [-0.1, -0.05) is 30.3 Å². The van der Waals surface area contributed by atoms with Gasteiger partial charge in [-0.2, -0.15) is 0 Å². The Morgan fingerprint density at radius 3 is 2.48 bits per heavy atom. The average molecular weight is 335 g/mol. The van der Waals surface area contributed by atoms with Crippen LogP contribution in [0.15, 0.2) is 54.6 Å². The molecule has 0 saturated carbocycles. The summed E-state index contributed by atoms with van der Waals surface area (Å²) in [4.78, 5) is 10.1. The minimum Gasteiger partial charge on any atom is -0.404 e. The summed E-state index contributed by atoms with van der Waals surface area (Å²) in [5.74, 6) is 0.188. The summed E-state index contributed by atoms with van der Waals surface area (Å²) in [6.45, 7) is 0.240. The number of nitro benzene ring substituents is 1. The van der Waals surface area contributed by atoms with Crippen molar-refractivity contribution >= 4 is 13.5 Å². The Morgan fingerprint density at radius 1 is 1.13 bits per heavy atom. The maximum Gasteiger partial charge on any atom is 0.530 e. The number of nitro groups is 1. The number of nitrogens with zero attached hydrogens (tertiary/aromatic N) is 1. The van der Waals surface area contributed by atoms with Gasteiger partial charge in [0.05, 0.1) is 17.6 Å². The van der Waals surface area contributed by atoms with Crippen molar-refractivity contribution in [2.45, 2.75) is 12.5 Å². The quantitative estimate of drug-likeness (QED) is 0.471. The fourth-order valence-corrected chi connectivity index (χ4v) is 3.62. The average Bonchev–Trinajstić information content (AvgIpc) is 2.56. The maximum atomic E-state index is 12.6. The zero-order chi connectivity index (χ0) is 16.3. The molecule has 1 aliphatic heterocycles. The van der Waals surface area contributed by atoms with Gasteiger partial charge >= 0.3 is 7.82 Å². The fourth-order valence-electron chi connectivity index (χ4n) is 2.21. The molecule has 1 fully saturated rings. The van der Waals surface area contributed by atoms with Crippen LogP contribution < -0.4 is 4.52 Å². The number of non-ortho nitro benzene ring substituents is 1. The van der Waals surface area contributed by atoms with Gasteiger partial charge in [0.1, 0.15) is 5.75 Å². The van der Waals surface area contributed by atoms with E-state index in [9.17, 15) is 14.7 Å². The SMILES string of the molecule is O=[N+]([O-])c1ccc(O[P@@]2(=O)OCCC(c3ccccc3)O2)cc1. The van der Waals surface area contributed by atoms with E-state index < -0.39 is 12.7 Å². The molecule has 1 saturated heterocycles. The molecule has 0 aliphatic carbocycles. The van der Waals surface area contributed by atoms with Crippen LogP contribution in [0, 0.1) is 10.1 Å². The number of phosphoric ester groups is 1. The Bertz CT molecular complexity index is 733. The predicted octanol–water partition coefficient (Wildman–Crippen LogP) is 4.26. The molecule has 0 N–H and O–H groups in total. The summed E-state index contributed by atoms with van der Waals surface area (Å²) in [5, 5.41) is 10.6. The van der Waals surface area contributed by atoms with Crippen molar-refractivity contribution in [2.75, 3.05) is 6.61 Å². The van der Waals surface area contributed by atoms with Gasteiger partial charge in [-0.15, -0.1) is 0 Å². The third-order valence-corrected chi connectivity index (χ3v) is 4.77. The lowest BCUT2D eigenvalue weighted by molar-refractivity contribution is -0.384. The molecule has 7 nitrogen and oxygen atoms in total. The first-order chi connectivity index (χ1) is 11.1. The number of hydrogen-bond donors (Lipinski definition) is 0. The number of benzene rings is 2. The molecule has 8 heteroatoms. The molecule has 0 bridgehead atoms. The summed E-state index contributed by atoms with van der Waals surface area (Å²) in [5.41, 5.74) is 0.812. The second-order valence-electron chi connectivity index (χ2n) is 4.92. The van der Waals surface area contributed by atoms with E-state index in [1.165, 1.54) is 24.3 Å². The Labute approximate surface area is 132 Å². The smallest absolute Gasteiger partial charge is 0.404 e. The second kappa shape index (κ2) is 6.50. The van der Waals surface area contributed by atoms with Gasteiger partial charge in [0.15, 0.2) is 0 Å². The van der Waals surface area contributed by atoms with Gasteiger partial charge in [-0.05, 0) is 17.7 Å². The molecule has 3 rings (SSSR count). The van der Waals surface area contributed by atoms with E-state index in [1.807, 2.05) is 30.3 Å². The van der Waals surface area contributed by atoms with Crippen LogP contribution in [0.5, 0.6) is 5.75 Å². The van der Waals surface area contributed by atoms with E-state index in [0.29, 0.717) is 6.42 Å². The third-order valence-electron chi connectivity index (χ3n) is 3.32. The zero-order valence-electron chi connectivity index (χ0n) is 12.0. The van der Waals surface area contributed by atoms with E-state index in [1.54, 1.807) is 0 Å². The summed E-state index contributed by atoms with van der Waals surface area (Å²) in [6.07, 6.45) is 0.186. The molecule has 0 spiro atoms. The highest BCUT2D eigenvalue weighted by molar-refractivity contribution is 7.49. The number of rotatable bonds is 4. The van der Waals surface area contributed by atoms with Crippen LogP contribution in [0.2, 0.25) is 0 Å². The molecule has 1 unspecified atom stereocenters. The van der Waals surface area contributed by atoms with E-state index in [2.05, 4.69) is 0 Å². The van der Waals surface area contributed by atoms with E-state index >= 15 is 0 Å². The Morgan fingerprint density at radius 2 is 1.83 bits per heavy atom. The van der Waals surface area contributed by atoms with Crippen molar-refractivity contribution in [3.63, 3.8) is 0 Å². The van der Waals surface area contributed by atoms with Gasteiger partial charge in [0.25, 0.3) is 5.69 Å². The second-order valence-corrected chi connectivity index (χ2v) is 6.46. The van der Waals surface area contributed by atoms with Gasteiger partial charge in [0, 0.05) is 18.6 Å². The summed E-state index contributed by atoms with van der Waals surface area (Å²) < 4.78 is 28.6. The molecular formula is C15H14NO6P. The summed E-state index contributed by atoms with van der Waals surface area (Å²) in [6, 6.07) is 14.6. The van der Waals surface area contributed by atoms with E-state index in [4.69, 9.17) is 13.6 Å². The monoisotopic (exact) mass is 335 g/mol. The van der Waals surface area contributed by atoms with Crippen LogP contribution in [0.4, 0.5) is 5.69 Å². The molecule has 0 amide bonds. The van der Waals surface area contributed by atoms with Crippen molar-refractivity contribution in [2.24, 2.45) is 0 Å². The van der Waals surface area contributed by atoms with Gasteiger partial charge in [-0.3, -0.25) is 19.2 Å². The first kappa shape index (κ1) is 15.7. The van der Waals surface area contributed by atoms with E-state index in [0.717, 1.165) is 5.56 Å². The lowest BCUT2D eigenvalue weighted by atomic mass is 10.1. The van der Waals surface area contributed by atoms with Gasteiger partial charge in [-0.25, -0.2) is 4.57 Å². The van der Waals surface area contributed by atoms with Crippen LogP contribution in [0.25, 0.3) is 0 Å². The number of hydrogen-bond acceptors (Lipinski definition) is 6. The molecule has 23 heavy (non-hydrogen) atoms. The molecule has 0 aromatic heterocycles. The molecule has 2 aromatic carbocycles. The van der Waals surface area contributed by atoms with Crippen molar-refractivity contribution in [1.82, 2.24) is 0 Å². The molecule has 120 valence electrons. The number of phosphoric acid groups is 1. The van der Waals surface area contributed by atoms with Crippen molar-refractivity contribution in [3.8, 4) is 5.75 Å². The van der Waals surface area contributed by atoms with Crippen molar-refractivity contribution in [3.05, 3.63) is 70.3 Å². The lowest BCUT2D eigenvalue weighted by Crippen LogP contribution is -2.16. The normalized spacial score (nSPS) is 24.1. The Balaban J connectivity index is 1.73. The highest BCUT2D eigenvalue weighted by atomic mass is 31.2. The van der Waals surface area contributed by atoms with Crippen LogP contribution >= 0.6 is 7.82 Å². The van der Waals surface area contributed by atoms with Crippen LogP contribution in [-0.2, 0) is 13.6 Å². The third kappa shape index (κ3) is 3.76. The summed E-state index contributed by atoms with van der Waals surface area (Å²) in [7, 11) is -3.77. The first-order valence-electron chi connectivity index (χ1n) is 6.98. The Kier molecular flexibility index (Phi) is 4.43. The van der Waals surface area contributed by atoms with Crippen molar-refractivity contribution in [1.29, 1.82) is 0 Å². The fraction of sp³-hybridized carbons (Fsp3) is 0.200.